The Morgan fingerprint density at radius 1 is 0.296 bits per heavy atom. The quantitative estimate of drug-likeness (QED) is 0.0308. The van der Waals surface area contributed by atoms with Crippen LogP contribution in [0.25, 0.3) is 0 Å². The van der Waals surface area contributed by atoms with E-state index in [4.69, 9.17) is 0 Å². The SMILES string of the molecule is CCCCCCCCCCCCCCCCCCCC/C=C\CCCCCCCCCCCCCCCCCCC(O)C(=O)NC(CO)C(O)C(O)CCCCCCCCCCCCCCCCCCCCCCCCCCCCC. The summed E-state index contributed by atoms with van der Waals surface area (Å²) in [6.45, 7) is 4.12. The van der Waals surface area contributed by atoms with Crippen LogP contribution in [-0.2, 0) is 4.79 Å². The van der Waals surface area contributed by atoms with Crippen molar-refractivity contribution >= 4 is 5.91 Å². The summed E-state index contributed by atoms with van der Waals surface area (Å²) in [6, 6.07) is -0.984. The van der Waals surface area contributed by atoms with Gasteiger partial charge in [-0.25, -0.2) is 0 Å². The number of carbonyl (C=O) groups is 1. The summed E-state index contributed by atoms with van der Waals surface area (Å²) in [6.07, 6.45) is 87.9. The molecule has 6 nitrogen and oxygen atoms in total. The summed E-state index contributed by atoms with van der Waals surface area (Å²) in [5.74, 6) is -0.574. The molecule has 0 spiro atoms. The van der Waals surface area contributed by atoms with E-state index < -0.39 is 36.9 Å². The highest BCUT2D eigenvalue weighted by molar-refractivity contribution is 5.80. The van der Waals surface area contributed by atoms with Gasteiger partial charge < -0.3 is 25.7 Å². The van der Waals surface area contributed by atoms with Gasteiger partial charge in [0.2, 0.25) is 5.91 Å². The van der Waals surface area contributed by atoms with Crippen molar-refractivity contribution < 1.29 is 25.2 Å². The molecule has 5 N–H and O–H groups in total. The molecule has 0 aliphatic carbocycles. The third-order valence-electron chi connectivity index (χ3n) is 18.2. The Bertz CT molecular complexity index is 1200. The molecule has 0 radical (unpaired) electrons. The number of allylic oxidation sites excluding steroid dienone is 2. The van der Waals surface area contributed by atoms with Gasteiger partial charge in [-0.15, -0.1) is 0 Å². The fourth-order valence-electron chi connectivity index (χ4n) is 12.4. The van der Waals surface area contributed by atoms with Crippen molar-refractivity contribution in [3.05, 3.63) is 12.2 Å². The first-order valence-electron chi connectivity index (χ1n) is 37.6. The largest absolute Gasteiger partial charge is 0.394 e. The molecular weight excluding hydrogens is 995 g/mol. The molecule has 0 saturated heterocycles. The van der Waals surface area contributed by atoms with Crippen LogP contribution in [0.1, 0.15) is 431 Å². The fourth-order valence-corrected chi connectivity index (χ4v) is 12.4. The molecule has 4 unspecified atom stereocenters. The van der Waals surface area contributed by atoms with Gasteiger partial charge in [0, 0.05) is 0 Å². The lowest BCUT2D eigenvalue weighted by atomic mass is 9.99. The van der Waals surface area contributed by atoms with Crippen LogP contribution in [0.2, 0.25) is 0 Å². The minimum absolute atomic E-state index is 0.374. The molecule has 6 heteroatoms. The number of aliphatic hydroxyl groups is 4. The molecule has 0 heterocycles. The van der Waals surface area contributed by atoms with Gasteiger partial charge in [0.1, 0.15) is 12.2 Å². The second kappa shape index (κ2) is 69.8. The van der Waals surface area contributed by atoms with E-state index in [9.17, 15) is 25.2 Å². The van der Waals surface area contributed by atoms with Gasteiger partial charge in [-0.05, 0) is 38.5 Å². The van der Waals surface area contributed by atoms with Crippen molar-refractivity contribution in [3.8, 4) is 0 Å². The summed E-state index contributed by atoms with van der Waals surface area (Å²) in [7, 11) is 0. The van der Waals surface area contributed by atoms with Gasteiger partial charge in [0.25, 0.3) is 0 Å². The lowest BCUT2D eigenvalue weighted by Gasteiger charge is -2.27. The first kappa shape index (κ1) is 80.0. The highest BCUT2D eigenvalue weighted by Gasteiger charge is 2.29. The van der Waals surface area contributed by atoms with Gasteiger partial charge in [-0.1, -0.05) is 405 Å². The van der Waals surface area contributed by atoms with E-state index in [1.54, 1.807) is 0 Å². The van der Waals surface area contributed by atoms with Crippen molar-refractivity contribution in [1.29, 1.82) is 0 Å². The maximum atomic E-state index is 12.7. The van der Waals surface area contributed by atoms with Crippen molar-refractivity contribution in [1.82, 2.24) is 5.32 Å². The average Bonchev–Trinajstić information content (AvgIpc) is 3.47. The Balaban J connectivity index is 3.49. The molecule has 0 fully saturated rings. The van der Waals surface area contributed by atoms with Crippen LogP contribution in [-0.4, -0.2) is 57.3 Å². The summed E-state index contributed by atoms with van der Waals surface area (Å²) >= 11 is 0. The van der Waals surface area contributed by atoms with E-state index in [0.29, 0.717) is 12.8 Å². The van der Waals surface area contributed by atoms with E-state index in [2.05, 4.69) is 31.3 Å². The minimum Gasteiger partial charge on any atom is -0.394 e. The Hall–Kier alpha value is -0.950. The fraction of sp³-hybridized carbons (Fsp3) is 0.960. The smallest absolute Gasteiger partial charge is 0.249 e. The molecular formula is C75H149NO5. The molecule has 484 valence electrons. The zero-order chi connectivity index (χ0) is 58.7. The molecule has 0 saturated carbocycles. The van der Waals surface area contributed by atoms with Crippen LogP contribution in [0, 0.1) is 0 Å². The van der Waals surface area contributed by atoms with Crippen molar-refractivity contribution in [2.75, 3.05) is 6.61 Å². The number of rotatable bonds is 71. The van der Waals surface area contributed by atoms with Crippen molar-refractivity contribution in [3.63, 3.8) is 0 Å². The number of carbonyl (C=O) groups excluding carboxylic acids is 1. The van der Waals surface area contributed by atoms with Gasteiger partial charge >= 0.3 is 0 Å². The molecule has 0 aromatic heterocycles. The number of hydrogen-bond acceptors (Lipinski definition) is 5. The van der Waals surface area contributed by atoms with Crippen LogP contribution < -0.4 is 5.32 Å². The number of hydrogen-bond donors (Lipinski definition) is 5. The Morgan fingerprint density at radius 2 is 0.494 bits per heavy atom. The first-order valence-corrected chi connectivity index (χ1v) is 37.6. The Morgan fingerprint density at radius 3 is 0.716 bits per heavy atom. The molecule has 81 heavy (non-hydrogen) atoms. The van der Waals surface area contributed by atoms with E-state index in [-0.39, 0.29) is 0 Å². The third kappa shape index (κ3) is 63.4. The van der Waals surface area contributed by atoms with Gasteiger partial charge in [-0.2, -0.15) is 0 Å². The summed E-state index contributed by atoms with van der Waals surface area (Å²) in [5.41, 5.74) is 0. The number of aliphatic hydroxyl groups excluding tert-OH is 4. The lowest BCUT2D eigenvalue weighted by Crippen LogP contribution is -2.53. The van der Waals surface area contributed by atoms with Gasteiger partial charge in [-0.3, -0.25) is 4.79 Å². The molecule has 0 aromatic rings. The predicted molar refractivity (Wildman–Crippen MR) is 358 cm³/mol. The zero-order valence-electron chi connectivity index (χ0n) is 55.3. The summed E-state index contributed by atoms with van der Waals surface area (Å²) in [5, 5.41) is 44.3. The molecule has 4 atom stereocenters. The second-order valence-corrected chi connectivity index (χ2v) is 26.4. The van der Waals surface area contributed by atoms with Gasteiger partial charge in [0.15, 0.2) is 0 Å². The Labute approximate surface area is 508 Å². The first-order chi connectivity index (χ1) is 40.0. The van der Waals surface area contributed by atoms with E-state index in [1.807, 2.05) is 0 Å². The molecule has 0 rings (SSSR count). The number of nitrogens with one attached hydrogen (secondary N) is 1. The van der Waals surface area contributed by atoms with Crippen LogP contribution in [0.4, 0.5) is 0 Å². The van der Waals surface area contributed by atoms with Crippen LogP contribution in [0.3, 0.4) is 0 Å². The highest BCUT2D eigenvalue weighted by atomic mass is 16.3. The second-order valence-electron chi connectivity index (χ2n) is 26.4. The van der Waals surface area contributed by atoms with Crippen LogP contribution in [0.15, 0.2) is 12.2 Å². The topological polar surface area (TPSA) is 110 Å². The molecule has 1 amide bonds. The maximum absolute atomic E-state index is 12.7. The van der Waals surface area contributed by atoms with Crippen LogP contribution >= 0.6 is 0 Å². The number of unbranched alkanes of at least 4 members (excludes halogenated alkanes) is 60. The monoisotopic (exact) mass is 1140 g/mol. The third-order valence-corrected chi connectivity index (χ3v) is 18.2. The lowest BCUT2D eigenvalue weighted by molar-refractivity contribution is -0.132. The van der Waals surface area contributed by atoms with E-state index in [0.717, 1.165) is 38.5 Å². The molecule has 0 aliphatic heterocycles. The molecule has 0 aliphatic rings. The standard InChI is InChI=1S/C75H149NO5/c1-3-5-7-9-11-13-15-17-19-21-23-25-27-29-31-32-33-34-35-36-37-38-39-40-41-43-45-47-49-51-53-55-57-59-61-63-65-67-69-73(79)75(81)76-71(70-77)74(80)72(78)68-66-64-62-60-58-56-54-52-50-48-46-44-42-30-28-26-24-22-20-18-16-14-12-10-8-6-4-2/h36-37,71-74,77-80H,3-35,38-70H2,1-2H3,(H,76,81)/b37-36-. The highest BCUT2D eigenvalue weighted by Crippen LogP contribution is 2.20. The normalized spacial score (nSPS) is 13.4. The molecule has 0 aromatic carbocycles. The predicted octanol–water partition coefficient (Wildman–Crippen LogP) is 23.5. The average molecular weight is 1150 g/mol. The summed E-state index contributed by atoms with van der Waals surface area (Å²) in [4.78, 5) is 12.7. The Kier molecular flexibility index (Phi) is 69.0. The zero-order valence-corrected chi connectivity index (χ0v) is 55.3. The van der Waals surface area contributed by atoms with E-state index >= 15 is 0 Å². The van der Waals surface area contributed by atoms with Gasteiger partial charge in [0.05, 0.1) is 18.8 Å². The van der Waals surface area contributed by atoms with Crippen LogP contribution in [0.5, 0.6) is 0 Å². The molecule has 0 bridgehead atoms. The maximum Gasteiger partial charge on any atom is 0.249 e. The number of amides is 1. The van der Waals surface area contributed by atoms with Crippen molar-refractivity contribution in [2.45, 2.75) is 456 Å². The summed E-state index contributed by atoms with van der Waals surface area (Å²) < 4.78 is 0. The van der Waals surface area contributed by atoms with Crippen molar-refractivity contribution in [2.24, 2.45) is 0 Å². The minimum atomic E-state index is -1.26. The van der Waals surface area contributed by atoms with E-state index in [1.165, 1.54) is 366 Å².